The molecule has 73 heavy (non-hydrogen) atoms. The molecule has 8 rings (SSSR count). The lowest BCUT2D eigenvalue weighted by atomic mass is 10.1. The highest BCUT2D eigenvalue weighted by Crippen LogP contribution is 2.46. The molecule has 376 valence electrons. The van der Waals surface area contributed by atoms with E-state index in [1.54, 1.807) is 92.9 Å². The van der Waals surface area contributed by atoms with Crippen molar-refractivity contribution in [2.24, 2.45) is 30.7 Å². The van der Waals surface area contributed by atoms with Crippen molar-refractivity contribution >= 4 is 108 Å². The summed E-state index contributed by atoms with van der Waals surface area (Å²) in [5, 5.41) is 43.2. The first kappa shape index (κ1) is 51.2. The van der Waals surface area contributed by atoms with E-state index >= 15 is 0 Å². The number of fused-ring (bicyclic) bond motifs is 3. The molecule has 0 heterocycles. The van der Waals surface area contributed by atoms with Gasteiger partial charge in [0.1, 0.15) is 45.0 Å². The maximum absolute atomic E-state index is 12.7. The number of hydrogen-bond donors (Lipinski definition) is 5. The van der Waals surface area contributed by atoms with Crippen LogP contribution in [0.2, 0.25) is 0 Å². The van der Waals surface area contributed by atoms with E-state index in [1.807, 2.05) is 0 Å². The normalized spacial score (nSPS) is 12.4. The largest absolute Gasteiger partial charge is 0.505 e. The van der Waals surface area contributed by atoms with Gasteiger partial charge in [-0.15, -0.1) is 25.6 Å². The Balaban J connectivity index is 1.09. The molecule has 8 aromatic rings. The molecule has 0 saturated heterocycles. The first-order valence-corrected chi connectivity index (χ1v) is 26.1. The maximum Gasteiger partial charge on any atom is 0.296 e. The minimum absolute atomic E-state index is 0.0751. The van der Waals surface area contributed by atoms with Crippen molar-refractivity contribution < 1.29 is 63.0 Å². The molecule has 0 unspecified atom stereocenters. The highest BCUT2D eigenvalue weighted by atomic mass is 32.2. The van der Waals surface area contributed by atoms with E-state index in [9.17, 15) is 39.5 Å². The number of aromatic hydroxyl groups is 1. The third kappa shape index (κ3) is 12.0. The number of methoxy groups -OCH3 is 3. The Morgan fingerprint density at radius 1 is 0.521 bits per heavy atom. The van der Waals surface area contributed by atoms with E-state index < -0.39 is 57.3 Å². The first-order valence-electron chi connectivity index (χ1n) is 21.6. The van der Waals surface area contributed by atoms with Gasteiger partial charge in [-0.1, -0.05) is 18.2 Å². The van der Waals surface area contributed by atoms with E-state index in [2.05, 4.69) is 36.0 Å². The minimum atomic E-state index is -4.95. The molecule has 8 aromatic carbocycles. The lowest BCUT2D eigenvalue weighted by Crippen LogP contribution is -2.08. The molecule has 21 nitrogen and oxygen atoms in total. The molecular weight excluding hydrogens is 1010 g/mol. The lowest BCUT2D eigenvalue weighted by molar-refractivity contribution is 0.316. The average molecular weight is 1050 g/mol. The summed E-state index contributed by atoms with van der Waals surface area (Å²) in [4.78, 5) is -1.13. The number of nitrogens with zero attached hydrogens (tertiary/aromatic N) is 6. The predicted molar refractivity (Wildman–Crippen MR) is 273 cm³/mol. The van der Waals surface area contributed by atoms with Crippen molar-refractivity contribution in [1.29, 1.82) is 0 Å². The number of phenolic OH excluding ortho intramolecular Hbond substituents is 1. The molecule has 0 saturated carbocycles. The van der Waals surface area contributed by atoms with Crippen LogP contribution in [0.25, 0.3) is 32.3 Å². The van der Waals surface area contributed by atoms with Crippen molar-refractivity contribution in [1.82, 2.24) is 0 Å². The molecule has 24 heteroatoms. The summed E-state index contributed by atoms with van der Waals surface area (Å²) >= 11 is 0. The van der Waals surface area contributed by atoms with Gasteiger partial charge >= 0.3 is 0 Å². The van der Waals surface area contributed by atoms with Crippen LogP contribution in [0.5, 0.6) is 28.7 Å². The quantitative estimate of drug-likeness (QED) is 0.0303. The molecule has 0 fully saturated rings. The smallest absolute Gasteiger partial charge is 0.296 e. The van der Waals surface area contributed by atoms with Crippen LogP contribution >= 0.6 is 0 Å². The fraction of sp³-hybridized carbons (Fsp3) is 0.143. The maximum atomic E-state index is 12.7. The lowest BCUT2D eigenvalue weighted by Gasteiger charge is -2.12. The summed E-state index contributed by atoms with van der Waals surface area (Å²) in [7, 11) is -9.44. The monoisotopic (exact) mass is 1050 g/mol. The third-order valence-electron chi connectivity index (χ3n) is 11.1. The topological polar surface area (TPSA) is 306 Å². The second-order valence-corrected chi connectivity index (χ2v) is 20.4. The van der Waals surface area contributed by atoms with Crippen LogP contribution in [0, 0.1) is 6.92 Å². The van der Waals surface area contributed by atoms with E-state index in [4.69, 9.17) is 23.5 Å². The molecule has 0 aliphatic rings. The zero-order valence-corrected chi connectivity index (χ0v) is 41.4. The second kappa shape index (κ2) is 20.9. The Hall–Kier alpha value is -8.13. The van der Waals surface area contributed by atoms with Crippen LogP contribution in [-0.2, 0) is 30.4 Å². The van der Waals surface area contributed by atoms with Crippen molar-refractivity contribution in [3.05, 3.63) is 127 Å². The van der Waals surface area contributed by atoms with E-state index in [1.165, 1.54) is 56.7 Å². The van der Waals surface area contributed by atoms with Crippen LogP contribution in [0.1, 0.15) is 12.0 Å². The molecule has 0 radical (unpaired) electrons. The van der Waals surface area contributed by atoms with Crippen LogP contribution in [0.15, 0.2) is 162 Å². The van der Waals surface area contributed by atoms with Crippen LogP contribution in [-0.4, -0.2) is 77.7 Å². The number of aryl methyl sites for hydroxylation is 1. The number of hydrogen-bond acceptors (Lipinski definition) is 18. The Bertz CT molecular complexity index is 3910. The Labute approximate surface area is 417 Å². The van der Waals surface area contributed by atoms with Gasteiger partial charge in [0.25, 0.3) is 30.4 Å². The summed E-state index contributed by atoms with van der Waals surface area (Å²) in [6.07, 6.45) is 0.104. The molecule has 0 bridgehead atoms. The number of rotatable bonds is 18. The van der Waals surface area contributed by atoms with Crippen LogP contribution in [0.4, 0.5) is 45.5 Å². The molecule has 0 amide bonds. The summed E-state index contributed by atoms with van der Waals surface area (Å²) in [6.45, 7) is 1.75. The molecule has 0 spiro atoms. The molecule has 0 aliphatic carbocycles. The van der Waals surface area contributed by atoms with Crippen LogP contribution in [0.3, 0.4) is 0 Å². The van der Waals surface area contributed by atoms with E-state index in [0.29, 0.717) is 39.5 Å². The summed E-state index contributed by atoms with van der Waals surface area (Å²) < 4.78 is 123. The standard InChI is InChI=1S/C49H43N7O14S3/c1-28-20-43(54-56-48-46(73(64,65)66)24-31-22-33(11-16-38(31)49(48)57)50-32-9-13-35(67-2)14-10-32)44(68-3)26-41(28)52-55-47-39-17-15-37(72(61,62)63)25-40(39)42(27-45(47)69-4)53-51-34-8-6-30-23-36(12-7-29(30)21-34)70-18-5-19-71(58,59)60/h6-17,20-27,50,57H,5,18-19H2,1-4H3,(H,58,59,60)(H,61,62,63)(H,64,65,66). The first-order chi connectivity index (χ1) is 34.7. The number of nitrogens with one attached hydrogen (secondary N) is 1. The average Bonchev–Trinajstić information content (AvgIpc) is 3.35. The molecular formula is C49H43N7O14S3. The van der Waals surface area contributed by atoms with Crippen molar-refractivity contribution in [2.75, 3.05) is 39.0 Å². The van der Waals surface area contributed by atoms with Crippen molar-refractivity contribution in [3.63, 3.8) is 0 Å². The highest BCUT2D eigenvalue weighted by molar-refractivity contribution is 7.86. The highest BCUT2D eigenvalue weighted by Gasteiger charge is 2.23. The molecule has 0 aliphatic heterocycles. The number of azo groups is 3. The number of anilines is 2. The van der Waals surface area contributed by atoms with Gasteiger partial charge in [0.2, 0.25) is 0 Å². The molecule has 0 atom stereocenters. The summed E-state index contributed by atoms with van der Waals surface area (Å²) in [6, 6.07) is 31.8. The van der Waals surface area contributed by atoms with Gasteiger partial charge in [-0.25, -0.2) is 0 Å². The Kier molecular flexibility index (Phi) is 14.7. The summed E-state index contributed by atoms with van der Waals surface area (Å²) in [5.74, 6) is 0.431. The Morgan fingerprint density at radius 2 is 1.16 bits per heavy atom. The van der Waals surface area contributed by atoms with Gasteiger partial charge in [0, 0.05) is 39.7 Å². The number of phenols is 1. The summed E-state index contributed by atoms with van der Waals surface area (Å²) in [5.41, 5.74) is 2.30. The predicted octanol–water partition coefficient (Wildman–Crippen LogP) is 12.3. The second-order valence-electron chi connectivity index (χ2n) is 16.1. The van der Waals surface area contributed by atoms with Gasteiger partial charge < -0.3 is 29.4 Å². The Morgan fingerprint density at radius 3 is 1.86 bits per heavy atom. The van der Waals surface area contributed by atoms with E-state index in [0.717, 1.165) is 10.8 Å². The zero-order valence-electron chi connectivity index (χ0n) is 38.9. The minimum Gasteiger partial charge on any atom is -0.505 e. The van der Waals surface area contributed by atoms with Crippen molar-refractivity contribution in [3.8, 4) is 28.7 Å². The van der Waals surface area contributed by atoms with Gasteiger partial charge in [0.15, 0.2) is 5.75 Å². The number of ether oxygens (including phenoxy) is 4. The van der Waals surface area contributed by atoms with E-state index in [-0.39, 0.29) is 63.4 Å². The number of benzene rings is 8. The van der Waals surface area contributed by atoms with Gasteiger partial charge in [-0.05, 0) is 126 Å². The van der Waals surface area contributed by atoms with Crippen LogP contribution < -0.4 is 24.3 Å². The third-order valence-corrected chi connectivity index (χ3v) is 13.7. The fourth-order valence-electron chi connectivity index (χ4n) is 7.54. The van der Waals surface area contributed by atoms with Gasteiger partial charge in [-0.3, -0.25) is 13.7 Å². The van der Waals surface area contributed by atoms with Gasteiger partial charge in [-0.2, -0.15) is 30.4 Å². The van der Waals surface area contributed by atoms with Crippen molar-refractivity contribution in [2.45, 2.75) is 23.1 Å². The molecule has 5 N–H and O–H groups in total. The fourth-order valence-corrected chi connectivity index (χ4v) is 9.18. The molecule has 0 aromatic heterocycles. The van der Waals surface area contributed by atoms with Gasteiger partial charge in [0.05, 0.1) is 55.6 Å². The zero-order chi connectivity index (χ0) is 52.2. The SMILES string of the molecule is COc1ccc(Nc2ccc3c(O)c(N=Nc4cc(C)c(N=Nc5c(OC)cc(N=Nc6ccc7cc(OCCCS(=O)(=O)O)ccc7c6)c6cc(S(=O)(=O)O)ccc56)cc4OC)c(S(=O)(=O)O)cc3c2)cc1.